The Balaban J connectivity index is 2.36. The zero-order valence-electron chi connectivity index (χ0n) is 10.6. The number of H-pyrrole nitrogens is 1. The van der Waals surface area contributed by atoms with Crippen molar-refractivity contribution in [2.24, 2.45) is 0 Å². The van der Waals surface area contributed by atoms with E-state index in [1.165, 1.54) is 11.5 Å². The van der Waals surface area contributed by atoms with Gasteiger partial charge < -0.3 is 0 Å². The summed E-state index contributed by atoms with van der Waals surface area (Å²) in [5.41, 5.74) is 0.929. The van der Waals surface area contributed by atoms with E-state index in [1.54, 1.807) is 0 Å². The average molecular weight is 251 g/mol. The molecule has 2 heterocycles. The molecule has 0 saturated heterocycles. The number of nitrogens with one attached hydrogen (secondary N) is 1. The van der Waals surface area contributed by atoms with Crippen LogP contribution in [0.25, 0.3) is 10.7 Å². The van der Waals surface area contributed by atoms with Crippen molar-refractivity contribution in [3.63, 3.8) is 0 Å². The van der Waals surface area contributed by atoms with Gasteiger partial charge in [-0.05, 0) is 18.0 Å². The number of nitrogens with zero attached hydrogens (tertiary/aromatic N) is 4. The van der Waals surface area contributed by atoms with Gasteiger partial charge in [0.25, 0.3) is 0 Å². The Morgan fingerprint density at radius 2 is 2.06 bits per heavy atom. The Bertz CT molecular complexity index is 494. The van der Waals surface area contributed by atoms with Crippen LogP contribution in [0.3, 0.4) is 0 Å². The lowest BCUT2D eigenvalue weighted by molar-refractivity contribution is 0.568. The highest BCUT2D eigenvalue weighted by Gasteiger charge is 2.25. The number of aryl methyl sites for hydroxylation is 1. The zero-order valence-corrected chi connectivity index (χ0v) is 11.4. The highest BCUT2D eigenvalue weighted by atomic mass is 32.1. The highest BCUT2D eigenvalue weighted by Crippen LogP contribution is 2.31. The van der Waals surface area contributed by atoms with E-state index in [2.05, 4.69) is 52.5 Å². The molecular weight excluding hydrogens is 234 g/mol. The Labute approximate surface area is 105 Å². The van der Waals surface area contributed by atoms with Crippen molar-refractivity contribution >= 4 is 11.5 Å². The zero-order chi connectivity index (χ0) is 12.5. The number of aromatic nitrogens is 5. The minimum atomic E-state index is -0.0338. The van der Waals surface area contributed by atoms with Gasteiger partial charge >= 0.3 is 0 Å². The first kappa shape index (κ1) is 12.2. The van der Waals surface area contributed by atoms with Crippen molar-refractivity contribution in [3.8, 4) is 10.7 Å². The van der Waals surface area contributed by atoms with Gasteiger partial charge in [0.05, 0.1) is 5.69 Å². The van der Waals surface area contributed by atoms with Crippen molar-refractivity contribution in [1.82, 2.24) is 24.8 Å². The molecule has 1 N–H and O–H groups in total. The summed E-state index contributed by atoms with van der Waals surface area (Å²) in [6.07, 6.45) is 1.98. The molecule has 2 aromatic rings. The van der Waals surface area contributed by atoms with Crippen molar-refractivity contribution in [3.05, 3.63) is 11.5 Å². The molecule has 6 heteroatoms. The normalized spacial score (nSPS) is 12.0. The lowest BCUT2D eigenvalue weighted by Gasteiger charge is -2.15. The third-order valence-corrected chi connectivity index (χ3v) is 3.14. The molecule has 0 aliphatic heterocycles. The molecule has 0 radical (unpaired) electrons. The molecule has 0 saturated carbocycles. The van der Waals surface area contributed by atoms with Crippen molar-refractivity contribution < 1.29 is 0 Å². The fraction of sp³-hybridized carbons (Fsp3) is 0.636. The van der Waals surface area contributed by atoms with Crippen LogP contribution in [0.1, 0.15) is 45.6 Å². The second-order valence-corrected chi connectivity index (χ2v) is 5.81. The van der Waals surface area contributed by atoms with E-state index in [0.29, 0.717) is 5.82 Å². The maximum absolute atomic E-state index is 4.48. The van der Waals surface area contributed by atoms with Crippen LogP contribution in [0.15, 0.2) is 0 Å². The molecule has 0 aliphatic carbocycles. The lowest BCUT2D eigenvalue weighted by Crippen LogP contribution is -2.13. The van der Waals surface area contributed by atoms with Crippen LogP contribution in [-0.2, 0) is 11.8 Å². The molecule has 0 fully saturated rings. The third kappa shape index (κ3) is 2.52. The van der Waals surface area contributed by atoms with Crippen molar-refractivity contribution in [2.75, 3.05) is 0 Å². The van der Waals surface area contributed by atoms with Crippen molar-refractivity contribution in [1.29, 1.82) is 0 Å². The monoisotopic (exact) mass is 251 g/mol. The summed E-state index contributed by atoms with van der Waals surface area (Å²) in [6, 6.07) is 0. The van der Waals surface area contributed by atoms with Crippen LogP contribution in [0.4, 0.5) is 0 Å². The van der Waals surface area contributed by atoms with Gasteiger partial charge in [0.15, 0.2) is 5.82 Å². The topological polar surface area (TPSA) is 67.3 Å². The molecule has 2 rings (SSSR count). The maximum atomic E-state index is 4.48. The molecule has 0 bridgehead atoms. The van der Waals surface area contributed by atoms with Gasteiger partial charge in [-0.25, -0.2) is 4.98 Å². The molecule has 0 amide bonds. The Kier molecular flexibility index (Phi) is 3.24. The maximum Gasteiger partial charge on any atom is 0.194 e. The van der Waals surface area contributed by atoms with E-state index >= 15 is 0 Å². The fourth-order valence-electron chi connectivity index (χ4n) is 1.57. The Morgan fingerprint density at radius 1 is 1.29 bits per heavy atom. The molecule has 17 heavy (non-hydrogen) atoms. The predicted molar refractivity (Wildman–Crippen MR) is 68.0 cm³/mol. The van der Waals surface area contributed by atoms with Crippen LogP contribution in [0.2, 0.25) is 0 Å². The third-order valence-electron chi connectivity index (χ3n) is 2.42. The van der Waals surface area contributed by atoms with E-state index in [1.807, 2.05) is 0 Å². The van der Waals surface area contributed by atoms with E-state index in [-0.39, 0.29) is 5.41 Å². The number of hydrogen-bond donors (Lipinski definition) is 1. The van der Waals surface area contributed by atoms with Crippen LogP contribution in [-0.4, -0.2) is 24.8 Å². The van der Waals surface area contributed by atoms with Crippen LogP contribution < -0.4 is 0 Å². The van der Waals surface area contributed by atoms with Gasteiger partial charge in [0.2, 0.25) is 0 Å². The lowest BCUT2D eigenvalue weighted by atomic mass is 9.91. The predicted octanol–water partition coefficient (Wildman–Crippen LogP) is 2.57. The summed E-state index contributed by atoms with van der Waals surface area (Å²) in [6.45, 7) is 8.48. The van der Waals surface area contributed by atoms with Gasteiger partial charge in [0.1, 0.15) is 10.7 Å². The van der Waals surface area contributed by atoms with Crippen molar-refractivity contribution in [2.45, 2.75) is 46.0 Å². The molecular formula is C11H17N5S. The summed E-state index contributed by atoms with van der Waals surface area (Å²) >= 11 is 1.35. The molecule has 0 aromatic carbocycles. The summed E-state index contributed by atoms with van der Waals surface area (Å²) in [4.78, 5) is 5.45. The quantitative estimate of drug-likeness (QED) is 0.910. The van der Waals surface area contributed by atoms with Crippen LogP contribution in [0.5, 0.6) is 0 Å². The number of aromatic amines is 1. The second-order valence-electron chi connectivity index (χ2n) is 5.06. The van der Waals surface area contributed by atoms with E-state index in [0.717, 1.165) is 29.2 Å². The van der Waals surface area contributed by atoms with E-state index < -0.39 is 0 Å². The summed E-state index contributed by atoms with van der Waals surface area (Å²) in [5, 5.41) is 11.4. The fourth-order valence-corrected chi connectivity index (χ4v) is 2.38. The molecule has 0 aliphatic rings. The van der Waals surface area contributed by atoms with E-state index in [9.17, 15) is 0 Å². The first-order valence-corrected chi connectivity index (χ1v) is 6.54. The molecule has 5 nitrogen and oxygen atoms in total. The second kappa shape index (κ2) is 4.52. The molecule has 2 aromatic heterocycles. The van der Waals surface area contributed by atoms with Gasteiger partial charge in [-0.2, -0.15) is 5.10 Å². The van der Waals surface area contributed by atoms with Crippen LogP contribution >= 0.6 is 11.5 Å². The number of rotatable bonds is 3. The van der Waals surface area contributed by atoms with Gasteiger partial charge in [-0.1, -0.05) is 32.2 Å². The van der Waals surface area contributed by atoms with E-state index in [4.69, 9.17) is 0 Å². The smallest absolute Gasteiger partial charge is 0.194 e. The van der Waals surface area contributed by atoms with Gasteiger partial charge in [0, 0.05) is 11.8 Å². The minimum absolute atomic E-state index is 0.0338. The summed E-state index contributed by atoms with van der Waals surface area (Å²) in [7, 11) is 0. The molecule has 0 atom stereocenters. The molecule has 92 valence electrons. The minimum Gasteiger partial charge on any atom is -0.263 e. The number of hydrogen-bond acceptors (Lipinski definition) is 5. The summed E-state index contributed by atoms with van der Waals surface area (Å²) < 4.78 is 4.02. The summed E-state index contributed by atoms with van der Waals surface area (Å²) in [5.74, 6) is 1.64. The van der Waals surface area contributed by atoms with Gasteiger partial charge in [-0.3, -0.25) is 5.10 Å². The molecule has 0 spiro atoms. The standard InChI is InChI=1S/C11H17N5S/c1-5-6-7-12-10(15-13-7)8-9(11(2,3)4)14-16-17-8/h5-6H2,1-4H3,(H,12,13,15). The largest absolute Gasteiger partial charge is 0.263 e. The first-order chi connectivity index (χ1) is 8.02. The highest BCUT2D eigenvalue weighted by molar-refractivity contribution is 7.09. The van der Waals surface area contributed by atoms with Gasteiger partial charge in [-0.15, -0.1) is 5.10 Å². The first-order valence-electron chi connectivity index (χ1n) is 5.77. The average Bonchev–Trinajstić information content (AvgIpc) is 2.82. The SMILES string of the molecule is CCCc1nc(-c2snnc2C(C)(C)C)n[nH]1. The Morgan fingerprint density at radius 3 is 2.71 bits per heavy atom. The van der Waals surface area contributed by atoms with Crippen LogP contribution in [0, 0.1) is 0 Å². The Hall–Kier alpha value is -1.30. The molecule has 0 unspecified atom stereocenters.